The molecule has 0 aliphatic carbocycles. The summed E-state index contributed by atoms with van der Waals surface area (Å²) in [7, 11) is -3.52. The molecule has 1 amide bonds. The molecular weight excluding hydrogens is 472 g/mol. The van der Waals surface area contributed by atoms with E-state index in [4.69, 9.17) is 16.3 Å². The zero-order valence-electron chi connectivity index (χ0n) is 19.5. The van der Waals surface area contributed by atoms with E-state index in [1.807, 2.05) is 18.2 Å². The van der Waals surface area contributed by atoms with E-state index in [-0.39, 0.29) is 19.1 Å². The topological polar surface area (TPSA) is 75.7 Å². The number of ether oxygens (including phenoxy) is 1. The van der Waals surface area contributed by atoms with Gasteiger partial charge in [-0.15, -0.1) is 0 Å². The van der Waals surface area contributed by atoms with Crippen LogP contribution in [0.2, 0.25) is 5.02 Å². The van der Waals surface area contributed by atoms with E-state index in [2.05, 4.69) is 19.2 Å². The highest BCUT2D eigenvalue weighted by molar-refractivity contribution is 7.92. The molecule has 1 N–H and O–H groups in total. The summed E-state index contributed by atoms with van der Waals surface area (Å²) < 4.78 is 31.7. The number of amides is 1. The van der Waals surface area contributed by atoms with Crippen molar-refractivity contribution in [2.75, 3.05) is 22.5 Å². The molecule has 0 aromatic heterocycles. The third-order valence-corrected chi connectivity index (χ3v) is 6.79. The van der Waals surface area contributed by atoms with E-state index >= 15 is 0 Å². The molecule has 3 rings (SSSR count). The Balaban J connectivity index is 1.67. The van der Waals surface area contributed by atoms with Crippen molar-refractivity contribution < 1.29 is 17.9 Å². The quantitative estimate of drug-likeness (QED) is 0.401. The number of hydrogen-bond acceptors (Lipinski definition) is 4. The van der Waals surface area contributed by atoms with Crippen LogP contribution in [0.25, 0.3) is 0 Å². The number of rotatable bonds is 10. The number of hydrogen-bond donors (Lipinski definition) is 1. The lowest BCUT2D eigenvalue weighted by atomic mass is 10.0. The average Bonchev–Trinajstić information content (AvgIpc) is 2.82. The number of carbonyl (C=O) groups is 1. The Bertz CT molecular complexity index is 1200. The van der Waals surface area contributed by atoms with Crippen molar-refractivity contribution in [3.05, 3.63) is 88.4 Å². The number of sulfonamides is 1. The standard InChI is InChI=1S/C26H29ClN2O4S/c1-4-20-7-6-8-21(5-2)26(20)28-25(30)18-33-24-15-13-23(14-16-24)29(34(3,31)32)17-19-9-11-22(27)12-10-19/h6-16H,4-5,17-18H2,1-3H3,(H,28,30). The molecular formula is C26H29ClN2O4S. The number of nitrogens with zero attached hydrogens (tertiary/aromatic N) is 1. The lowest BCUT2D eigenvalue weighted by Gasteiger charge is -2.23. The highest BCUT2D eigenvalue weighted by atomic mass is 35.5. The van der Waals surface area contributed by atoms with Gasteiger partial charge in [-0.2, -0.15) is 0 Å². The molecule has 0 fully saturated rings. The van der Waals surface area contributed by atoms with Gasteiger partial charge in [0.1, 0.15) is 5.75 Å². The fourth-order valence-electron chi connectivity index (χ4n) is 3.59. The molecule has 0 unspecified atom stereocenters. The summed E-state index contributed by atoms with van der Waals surface area (Å²) in [6.45, 7) is 4.13. The first-order chi connectivity index (χ1) is 16.2. The smallest absolute Gasteiger partial charge is 0.262 e. The molecule has 6 nitrogen and oxygen atoms in total. The molecule has 0 heterocycles. The summed E-state index contributed by atoms with van der Waals surface area (Å²) in [6.07, 6.45) is 2.80. The first-order valence-electron chi connectivity index (χ1n) is 11.1. The van der Waals surface area contributed by atoms with Crippen LogP contribution >= 0.6 is 11.6 Å². The van der Waals surface area contributed by atoms with Gasteiger partial charge in [-0.3, -0.25) is 9.10 Å². The molecule has 3 aromatic rings. The number of anilines is 2. The van der Waals surface area contributed by atoms with Gasteiger partial charge in [-0.25, -0.2) is 8.42 Å². The summed E-state index contributed by atoms with van der Waals surface area (Å²) in [4.78, 5) is 12.5. The van der Waals surface area contributed by atoms with Gasteiger partial charge in [-0.05, 0) is 65.9 Å². The van der Waals surface area contributed by atoms with Crippen molar-refractivity contribution in [1.29, 1.82) is 0 Å². The van der Waals surface area contributed by atoms with Gasteiger partial charge in [0, 0.05) is 10.7 Å². The van der Waals surface area contributed by atoms with Crippen LogP contribution in [0.4, 0.5) is 11.4 Å². The third-order valence-electron chi connectivity index (χ3n) is 5.40. The van der Waals surface area contributed by atoms with Gasteiger partial charge >= 0.3 is 0 Å². The van der Waals surface area contributed by atoms with E-state index in [1.54, 1.807) is 48.5 Å². The molecule has 0 aliphatic rings. The minimum atomic E-state index is -3.52. The number of para-hydroxylation sites is 1. The maximum Gasteiger partial charge on any atom is 0.262 e. The predicted molar refractivity (Wildman–Crippen MR) is 138 cm³/mol. The van der Waals surface area contributed by atoms with Crippen LogP contribution in [-0.2, 0) is 34.2 Å². The third kappa shape index (κ3) is 6.74. The first-order valence-corrected chi connectivity index (χ1v) is 13.3. The molecule has 0 saturated heterocycles. The Kier molecular flexibility index (Phi) is 8.58. The zero-order valence-corrected chi connectivity index (χ0v) is 21.1. The molecule has 8 heteroatoms. The highest BCUT2D eigenvalue weighted by Gasteiger charge is 2.18. The van der Waals surface area contributed by atoms with Crippen molar-refractivity contribution >= 4 is 38.9 Å². The van der Waals surface area contributed by atoms with Crippen LogP contribution in [0.3, 0.4) is 0 Å². The lowest BCUT2D eigenvalue weighted by Crippen LogP contribution is -2.29. The van der Waals surface area contributed by atoms with Gasteiger partial charge < -0.3 is 10.1 Å². The summed E-state index contributed by atoms with van der Waals surface area (Å²) in [5.74, 6) is 0.221. The second kappa shape index (κ2) is 11.4. The van der Waals surface area contributed by atoms with E-state index in [0.717, 1.165) is 41.5 Å². The maximum atomic E-state index is 12.5. The molecule has 180 valence electrons. The van der Waals surface area contributed by atoms with Crippen molar-refractivity contribution in [2.45, 2.75) is 33.2 Å². The van der Waals surface area contributed by atoms with Crippen LogP contribution in [0.5, 0.6) is 5.75 Å². The zero-order chi connectivity index (χ0) is 24.7. The fraction of sp³-hybridized carbons (Fsp3) is 0.269. The molecule has 0 aliphatic heterocycles. The van der Waals surface area contributed by atoms with Gasteiger partial charge in [0.15, 0.2) is 6.61 Å². The van der Waals surface area contributed by atoms with Crippen LogP contribution in [0.1, 0.15) is 30.5 Å². The fourth-order valence-corrected chi connectivity index (χ4v) is 4.61. The van der Waals surface area contributed by atoms with Crippen LogP contribution < -0.4 is 14.4 Å². The summed E-state index contributed by atoms with van der Waals surface area (Å²) in [5.41, 5.74) is 4.32. The minimum absolute atomic E-state index is 0.152. The molecule has 0 atom stereocenters. The molecule has 0 saturated carbocycles. The summed E-state index contributed by atoms with van der Waals surface area (Å²) in [5, 5.41) is 3.56. The molecule has 0 radical (unpaired) electrons. The first kappa shape index (κ1) is 25.6. The van der Waals surface area contributed by atoms with Gasteiger partial charge in [0.25, 0.3) is 5.91 Å². The van der Waals surface area contributed by atoms with Gasteiger partial charge in [-0.1, -0.05) is 55.8 Å². The Morgan fingerprint density at radius 2 is 1.53 bits per heavy atom. The van der Waals surface area contributed by atoms with Gasteiger partial charge in [0.2, 0.25) is 10.0 Å². The molecule has 0 bridgehead atoms. The Morgan fingerprint density at radius 1 is 0.941 bits per heavy atom. The van der Waals surface area contributed by atoms with E-state index in [9.17, 15) is 13.2 Å². The van der Waals surface area contributed by atoms with Crippen LogP contribution in [-0.4, -0.2) is 27.2 Å². The Hall–Kier alpha value is -3.03. The summed E-state index contributed by atoms with van der Waals surface area (Å²) in [6, 6.07) is 19.7. The monoisotopic (exact) mass is 500 g/mol. The van der Waals surface area contributed by atoms with E-state index < -0.39 is 10.0 Å². The molecule has 34 heavy (non-hydrogen) atoms. The number of benzene rings is 3. The van der Waals surface area contributed by atoms with E-state index in [0.29, 0.717) is 16.5 Å². The highest BCUT2D eigenvalue weighted by Crippen LogP contribution is 2.25. The van der Waals surface area contributed by atoms with Crippen molar-refractivity contribution in [3.8, 4) is 5.75 Å². The summed E-state index contributed by atoms with van der Waals surface area (Å²) >= 11 is 5.93. The van der Waals surface area contributed by atoms with Crippen LogP contribution in [0.15, 0.2) is 66.7 Å². The normalized spacial score (nSPS) is 11.2. The minimum Gasteiger partial charge on any atom is -0.484 e. The predicted octanol–water partition coefficient (Wildman–Crippen LogP) is 5.45. The number of nitrogens with one attached hydrogen (secondary N) is 1. The Labute approximate surface area is 206 Å². The lowest BCUT2D eigenvalue weighted by molar-refractivity contribution is -0.118. The van der Waals surface area contributed by atoms with Crippen LogP contribution in [0, 0.1) is 0 Å². The number of halogens is 1. The SMILES string of the molecule is CCc1cccc(CC)c1NC(=O)COc1ccc(N(Cc2ccc(Cl)cc2)S(C)(=O)=O)cc1. The van der Waals surface area contributed by atoms with E-state index in [1.165, 1.54) is 4.31 Å². The van der Waals surface area contributed by atoms with Crippen molar-refractivity contribution in [2.24, 2.45) is 0 Å². The molecule has 0 spiro atoms. The molecule has 3 aromatic carbocycles. The second-order valence-corrected chi connectivity index (χ2v) is 10.2. The Morgan fingerprint density at radius 3 is 2.06 bits per heavy atom. The largest absolute Gasteiger partial charge is 0.484 e. The maximum absolute atomic E-state index is 12.5. The average molecular weight is 501 g/mol. The number of aryl methyl sites for hydroxylation is 2. The van der Waals surface area contributed by atoms with Crippen molar-refractivity contribution in [1.82, 2.24) is 0 Å². The van der Waals surface area contributed by atoms with Gasteiger partial charge in [0.05, 0.1) is 18.5 Å². The number of carbonyl (C=O) groups excluding carboxylic acids is 1. The second-order valence-electron chi connectivity index (χ2n) is 7.89. The van der Waals surface area contributed by atoms with Crippen molar-refractivity contribution in [3.63, 3.8) is 0 Å².